The van der Waals surface area contributed by atoms with Crippen LogP contribution in [0.5, 0.6) is 0 Å². The summed E-state index contributed by atoms with van der Waals surface area (Å²) in [5, 5.41) is 18.2. The minimum Gasteiger partial charge on any atom is -0.479 e. The fraction of sp³-hybridized carbons (Fsp3) is 0.818. The van der Waals surface area contributed by atoms with Crippen LogP contribution >= 0.6 is 0 Å². The summed E-state index contributed by atoms with van der Waals surface area (Å²) in [7, 11) is 0. The normalized spacial score (nSPS) is 28.9. The number of amides is 1. The van der Waals surface area contributed by atoms with Gasteiger partial charge in [-0.1, -0.05) is 0 Å². The van der Waals surface area contributed by atoms with Gasteiger partial charge < -0.3 is 19.8 Å². The van der Waals surface area contributed by atoms with Gasteiger partial charge in [-0.2, -0.15) is 0 Å². The lowest BCUT2D eigenvalue weighted by Gasteiger charge is -2.37. The minimum atomic E-state index is -2.63. The number of hydrogen-bond acceptors (Lipinski definition) is 4. The molecule has 2 N–H and O–H groups in total. The molecule has 1 saturated heterocycles. The molecule has 1 aliphatic rings. The van der Waals surface area contributed by atoms with Crippen molar-refractivity contribution in [2.75, 3.05) is 13.1 Å². The molecule has 6 nitrogen and oxygen atoms in total. The molecular formula is C11H18FNO5. The Labute approximate surface area is 104 Å². The highest BCUT2D eigenvalue weighted by Crippen LogP contribution is 2.27. The van der Waals surface area contributed by atoms with Gasteiger partial charge in [-0.15, -0.1) is 0 Å². The second kappa shape index (κ2) is 4.72. The Morgan fingerprint density at radius 3 is 2.44 bits per heavy atom. The van der Waals surface area contributed by atoms with Crippen LogP contribution < -0.4 is 0 Å². The van der Waals surface area contributed by atoms with Crippen LogP contribution in [0.1, 0.15) is 27.2 Å². The molecule has 2 atom stereocenters. The van der Waals surface area contributed by atoms with E-state index < -0.39 is 42.4 Å². The number of carbonyl (C=O) groups is 2. The van der Waals surface area contributed by atoms with Gasteiger partial charge in [0.15, 0.2) is 0 Å². The molecule has 0 aromatic rings. The first-order valence-electron chi connectivity index (χ1n) is 5.62. The molecule has 18 heavy (non-hydrogen) atoms. The molecule has 0 saturated carbocycles. The number of aliphatic hydroxyl groups excluding tert-OH is 1. The van der Waals surface area contributed by atoms with Crippen molar-refractivity contribution in [1.29, 1.82) is 0 Å². The average Bonchev–Trinajstić information content (AvgIpc) is 2.13. The molecule has 1 aliphatic heterocycles. The van der Waals surface area contributed by atoms with E-state index in [1.807, 2.05) is 0 Å². The van der Waals surface area contributed by atoms with Crippen molar-refractivity contribution in [3.8, 4) is 0 Å². The zero-order chi connectivity index (χ0) is 14.1. The van der Waals surface area contributed by atoms with Crippen LogP contribution in [0.15, 0.2) is 0 Å². The van der Waals surface area contributed by atoms with Crippen LogP contribution in [0, 0.1) is 0 Å². The number of hydrogen-bond donors (Lipinski definition) is 2. The third-order valence-electron chi connectivity index (χ3n) is 2.47. The van der Waals surface area contributed by atoms with Gasteiger partial charge in [-0.05, 0) is 20.8 Å². The summed E-state index contributed by atoms with van der Waals surface area (Å²) < 4.78 is 19.0. The topological polar surface area (TPSA) is 87.1 Å². The molecule has 0 unspecified atom stereocenters. The van der Waals surface area contributed by atoms with E-state index >= 15 is 0 Å². The molecule has 1 heterocycles. The predicted octanol–water partition coefficient (Wildman–Crippen LogP) is 0.781. The number of rotatable bonds is 1. The second-order valence-corrected chi connectivity index (χ2v) is 5.49. The predicted molar refractivity (Wildman–Crippen MR) is 59.9 cm³/mol. The van der Waals surface area contributed by atoms with E-state index in [-0.39, 0.29) is 6.54 Å². The minimum absolute atomic E-state index is 0.131. The van der Waals surface area contributed by atoms with Crippen LogP contribution in [0.2, 0.25) is 0 Å². The summed E-state index contributed by atoms with van der Waals surface area (Å²) in [4.78, 5) is 23.4. The number of likely N-dealkylation sites (tertiary alicyclic amines) is 1. The molecule has 1 amide bonds. The number of aliphatic hydroxyl groups is 1. The number of β-amino-alcohol motifs (C(OH)–C–C–N with tert-alkyl or cyclic N) is 1. The number of carbonyl (C=O) groups excluding carboxylic acids is 1. The summed E-state index contributed by atoms with van der Waals surface area (Å²) in [5.41, 5.74) is -3.39. The van der Waals surface area contributed by atoms with Crippen LogP contribution in [0.25, 0.3) is 0 Å². The second-order valence-electron chi connectivity index (χ2n) is 5.49. The zero-order valence-corrected chi connectivity index (χ0v) is 10.6. The third-order valence-corrected chi connectivity index (χ3v) is 2.47. The number of aliphatic carboxylic acids is 1. The summed E-state index contributed by atoms with van der Waals surface area (Å²) in [6, 6.07) is 0. The third kappa shape index (κ3) is 3.56. The van der Waals surface area contributed by atoms with E-state index in [2.05, 4.69) is 0 Å². The maximum atomic E-state index is 14.0. The fourth-order valence-electron chi connectivity index (χ4n) is 1.74. The molecule has 104 valence electrons. The van der Waals surface area contributed by atoms with Crippen molar-refractivity contribution in [3.63, 3.8) is 0 Å². The number of halogens is 1. The van der Waals surface area contributed by atoms with E-state index in [4.69, 9.17) is 9.84 Å². The number of carboxylic acids is 1. The Morgan fingerprint density at radius 1 is 1.44 bits per heavy atom. The Morgan fingerprint density at radius 2 is 2.00 bits per heavy atom. The highest BCUT2D eigenvalue weighted by atomic mass is 19.1. The standard InChI is InChI=1S/C11H18FNO5/c1-10(2,3)18-9(17)13-5-7(14)4-11(12,6-13)8(15)16/h7,14H,4-6H2,1-3H3,(H,15,16)/t7-,11+/m0/s1. The summed E-state index contributed by atoms with van der Waals surface area (Å²) in [6.45, 7) is 4.18. The van der Waals surface area contributed by atoms with Crippen LogP contribution in [-0.4, -0.2) is 57.6 Å². The average molecular weight is 263 g/mol. The number of alkyl halides is 1. The van der Waals surface area contributed by atoms with Crippen molar-refractivity contribution >= 4 is 12.1 Å². The maximum absolute atomic E-state index is 14.0. The summed E-state index contributed by atoms with van der Waals surface area (Å²) in [5.74, 6) is -1.69. The lowest BCUT2D eigenvalue weighted by atomic mass is 9.93. The Bertz CT molecular complexity index is 354. The Balaban J connectivity index is 2.78. The molecule has 0 spiro atoms. The molecule has 0 aliphatic carbocycles. The van der Waals surface area contributed by atoms with Gasteiger partial charge >= 0.3 is 12.1 Å². The first kappa shape index (κ1) is 14.7. The largest absolute Gasteiger partial charge is 0.479 e. The Kier molecular flexibility index (Phi) is 3.85. The number of ether oxygens (including phenoxy) is 1. The van der Waals surface area contributed by atoms with Gasteiger partial charge in [0.2, 0.25) is 5.67 Å². The summed E-state index contributed by atoms with van der Waals surface area (Å²) >= 11 is 0. The van der Waals surface area contributed by atoms with Gasteiger partial charge in [0.25, 0.3) is 0 Å². The first-order chi connectivity index (χ1) is 8.03. The first-order valence-corrected chi connectivity index (χ1v) is 5.62. The van der Waals surface area contributed by atoms with E-state index in [1.165, 1.54) is 0 Å². The number of piperidine rings is 1. The van der Waals surface area contributed by atoms with E-state index in [0.717, 1.165) is 4.90 Å². The summed E-state index contributed by atoms with van der Waals surface area (Å²) in [6.07, 6.45) is -2.57. The van der Waals surface area contributed by atoms with Crippen LogP contribution in [0.4, 0.5) is 9.18 Å². The smallest absolute Gasteiger partial charge is 0.410 e. The molecule has 0 radical (unpaired) electrons. The van der Waals surface area contributed by atoms with Gasteiger partial charge in [0, 0.05) is 6.42 Å². The van der Waals surface area contributed by atoms with Crippen molar-refractivity contribution in [2.24, 2.45) is 0 Å². The van der Waals surface area contributed by atoms with Crippen molar-refractivity contribution in [3.05, 3.63) is 0 Å². The van der Waals surface area contributed by atoms with Crippen molar-refractivity contribution in [1.82, 2.24) is 4.90 Å². The van der Waals surface area contributed by atoms with Gasteiger partial charge in [0.05, 0.1) is 19.2 Å². The van der Waals surface area contributed by atoms with Gasteiger partial charge in [-0.3, -0.25) is 0 Å². The van der Waals surface area contributed by atoms with Crippen molar-refractivity contribution < 1.29 is 28.9 Å². The fourth-order valence-corrected chi connectivity index (χ4v) is 1.74. The maximum Gasteiger partial charge on any atom is 0.410 e. The van der Waals surface area contributed by atoms with Gasteiger partial charge in [-0.25, -0.2) is 14.0 Å². The highest BCUT2D eigenvalue weighted by molar-refractivity contribution is 5.79. The van der Waals surface area contributed by atoms with E-state index in [9.17, 15) is 19.1 Å². The molecule has 7 heteroatoms. The van der Waals surface area contributed by atoms with E-state index in [1.54, 1.807) is 20.8 Å². The molecule has 0 aromatic carbocycles. The lowest BCUT2D eigenvalue weighted by Crippen LogP contribution is -2.57. The van der Waals surface area contributed by atoms with Crippen LogP contribution in [-0.2, 0) is 9.53 Å². The number of nitrogens with zero attached hydrogens (tertiary/aromatic N) is 1. The highest BCUT2D eigenvalue weighted by Gasteiger charge is 2.48. The molecular weight excluding hydrogens is 245 g/mol. The monoisotopic (exact) mass is 263 g/mol. The molecule has 1 fully saturated rings. The zero-order valence-electron chi connectivity index (χ0n) is 10.6. The van der Waals surface area contributed by atoms with Gasteiger partial charge in [0.1, 0.15) is 5.60 Å². The molecule has 1 rings (SSSR count). The number of carboxylic acid groups (broad SMARTS) is 1. The Hall–Kier alpha value is -1.37. The van der Waals surface area contributed by atoms with Crippen LogP contribution in [0.3, 0.4) is 0 Å². The lowest BCUT2D eigenvalue weighted by molar-refractivity contribution is -0.158. The van der Waals surface area contributed by atoms with E-state index in [0.29, 0.717) is 0 Å². The quantitative estimate of drug-likeness (QED) is 0.730. The SMILES string of the molecule is CC(C)(C)OC(=O)N1C[C@@H](O)C[C@](F)(C(=O)O)C1. The molecule has 0 bridgehead atoms. The van der Waals surface area contributed by atoms with Crippen molar-refractivity contribution in [2.45, 2.75) is 44.6 Å². The molecule has 0 aromatic heterocycles.